The Bertz CT molecular complexity index is 450. The van der Waals surface area contributed by atoms with Crippen molar-refractivity contribution in [2.45, 2.75) is 31.9 Å². The van der Waals surface area contributed by atoms with Crippen LogP contribution >= 0.6 is 0 Å². The molecule has 0 unspecified atom stereocenters. The number of hydrogen-bond acceptors (Lipinski definition) is 5. The SMILES string of the molecule is NNc1nc(CCOCC(F)(F)F)nc2c1CCC2. The quantitative estimate of drug-likeness (QED) is 0.483. The highest BCUT2D eigenvalue weighted by atomic mass is 19.4. The molecule has 0 saturated carbocycles. The minimum atomic E-state index is -4.30. The second kappa shape index (κ2) is 5.70. The smallest absolute Gasteiger partial charge is 0.372 e. The molecule has 1 aliphatic rings. The molecule has 0 aliphatic heterocycles. The summed E-state index contributed by atoms with van der Waals surface area (Å²) in [7, 11) is 0. The van der Waals surface area contributed by atoms with Crippen LogP contribution in [0.1, 0.15) is 23.5 Å². The van der Waals surface area contributed by atoms with E-state index in [1.165, 1.54) is 0 Å². The Kier molecular flexibility index (Phi) is 4.20. The molecular weight excluding hydrogens is 261 g/mol. The Morgan fingerprint density at radius 2 is 2.05 bits per heavy atom. The van der Waals surface area contributed by atoms with Crippen molar-refractivity contribution in [3.05, 3.63) is 17.1 Å². The summed E-state index contributed by atoms with van der Waals surface area (Å²) in [4.78, 5) is 8.52. The van der Waals surface area contributed by atoms with Gasteiger partial charge in [-0.1, -0.05) is 0 Å². The first-order chi connectivity index (χ1) is 8.99. The number of nitrogens with zero attached hydrogens (tertiary/aromatic N) is 2. The molecule has 0 atom stereocenters. The van der Waals surface area contributed by atoms with E-state index < -0.39 is 12.8 Å². The number of halogens is 3. The molecule has 19 heavy (non-hydrogen) atoms. The van der Waals surface area contributed by atoms with E-state index in [1.807, 2.05) is 0 Å². The molecule has 8 heteroatoms. The summed E-state index contributed by atoms with van der Waals surface area (Å²) in [5.74, 6) is 6.40. The molecule has 1 aromatic rings. The molecule has 1 heterocycles. The zero-order valence-corrected chi connectivity index (χ0v) is 10.3. The number of ether oxygens (including phenoxy) is 1. The molecule has 0 radical (unpaired) electrons. The van der Waals surface area contributed by atoms with Crippen LogP contribution in [0.2, 0.25) is 0 Å². The van der Waals surface area contributed by atoms with Crippen LogP contribution in [0, 0.1) is 0 Å². The van der Waals surface area contributed by atoms with E-state index in [9.17, 15) is 13.2 Å². The molecule has 5 nitrogen and oxygen atoms in total. The maximum Gasteiger partial charge on any atom is 0.411 e. The van der Waals surface area contributed by atoms with Gasteiger partial charge >= 0.3 is 6.18 Å². The summed E-state index contributed by atoms with van der Waals surface area (Å²) in [5, 5.41) is 0. The fourth-order valence-corrected chi connectivity index (χ4v) is 2.07. The summed E-state index contributed by atoms with van der Waals surface area (Å²) in [6.07, 6.45) is -1.35. The van der Waals surface area contributed by atoms with E-state index in [4.69, 9.17) is 5.84 Å². The van der Waals surface area contributed by atoms with Gasteiger partial charge in [0, 0.05) is 17.7 Å². The predicted octanol–water partition coefficient (Wildman–Crippen LogP) is 1.37. The van der Waals surface area contributed by atoms with Crippen molar-refractivity contribution in [3.63, 3.8) is 0 Å². The first-order valence-electron chi connectivity index (χ1n) is 5.99. The summed E-state index contributed by atoms with van der Waals surface area (Å²) < 4.78 is 40.2. The molecule has 1 aromatic heterocycles. The molecule has 0 bridgehead atoms. The minimum Gasteiger partial charge on any atom is -0.372 e. The molecule has 106 valence electrons. The van der Waals surface area contributed by atoms with Gasteiger partial charge in [0.05, 0.1) is 6.61 Å². The summed E-state index contributed by atoms with van der Waals surface area (Å²) in [6, 6.07) is 0. The van der Waals surface area contributed by atoms with Crippen LogP contribution in [0.3, 0.4) is 0 Å². The van der Waals surface area contributed by atoms with Gasteiger partial charge in [0.25, 0.3) is 0 Å². The largest absolute Gasteiger partial charge is 0.411 e. The van der Waals surface area contributed by atoms with E-state index in [2.05, 4.69) is 20.1 Å². The van der Waals surface area contributed by atoms with Gasteiger partial charge < -0.3 is 10.2 Å². The molecule has 2 rings (SSSR count). The zero-order chi connectivity index (χ0) is 13.9. The van der Waals surface area contributed by atoms with E-state index in [0.717, 1.165) is 30.5 Å². The summed E-state index contributed by atoms with van der Waals surface area (Å²) in [6.45, 7) is -1.32. The Morgan fingerprint density at radius 1 is 1.26 bits per heavy atom. The number of hydrogen-bond donors (Lipinski definition) is 2. The summed E-state index contributed by atoms with van der Waals surface area (Å²) >= 11 is 0. The van der Waals surface area contributed by atoms with Crippen LogP contribution in [0.5, 0.6) is 0 Å². The highest BCUT2D eigenvalue weighted by Gasteiger charge is 2.27. The Balaban J connectivity index is 1.94. The van der Waals surface area contributed by atoms with Crippen molar-refractivity contribution < 1.29 is 17.9 Å². The third kappa shape index (κ3) is 3.77. The Labute approximate surface area is 108 Å². The van der Waals surface area contributed by atoms with Crippen LogP contribution in [-0.4, -0.2) is 29.4 Å². The number of aromatic nitrogens is 2. The van der Waals surface area contributed by atoms with Gasteiger partial charge in [0.1, 0.15) is 18.2 Å². The molecule has 0 spiro atoms. The molecule has 0 aromatic carbocycles. The number of alkyl halides is 3. The van der Waals surface area contributed by atoms with Gasteiger partial charge in [0.15, 0.2) is 0 Å². The number of rotatable bonds is 5. The van der Waals surface area contributed by atoms with Crippen LogP contribution in [0.15, 0.2) is 0 Å². The van der Waals surface area contributed by atoms with Gasteiger partial charge in [-0.05, 0) is 19.3 Å². The molecule has 1 aliphatic carbocycles. The Morgan fingerprint density at radius 3 is 2.74 bits per heavy atom. The van der Waals surface area contributed by atoms with Gasteiger partial charge in [0.2, 0.25) is 0 Å². The Hall–Kier alpha value is -1.41. The standard InChI is InChI=1S/C11H15F3N4O/c12-11(13,14)6-19-5-4-9-16-8-3-1-2-7(8)10(17-9)18-15/h1-6,15H2,(H,16,17,18). The van der Waals surface area contributed by atoms with Crippen molar-refractivity contribution in [1.82, 2.24) is 9.97 Å². The molecule has 0 amide bonds. The van der Waals surface area contributed by atoms with Crippen molar-refractivity contribution >= 4 is 5.82 Å². The van der Waals surface area contributed by atoms with E-state index >= 15 is 0 Å². The number of aryl methyl sites for hydroxylation is 1. The lowest BCUT2D eigenvalue weighted by atomic mass is 10.2. The number of hydrazine groups is 1. The molecular formula is C11H15F3N4O. The minimum absolute atomic E-state index is 0.0672. The maximum absolute atomic E-state index is 11.9. The molecule has 0 fully saturated rings. The van der Waals surface area contributed by atoms with E-state index in [1.54, 1.807) is 0 Å². The number of anilines is 1. The number of nitrogen functional groups attached to an aromatic ring is 1. The fourth-order valence-electron chi connectivity index (χ4n) is 2.07. The van der Waals surface area contributed by atoms with Crippen LogP contribution in [0.4, 0.5) is 19.0 Å². The average molecular weight is 276 g/mol. The molecule has 0 saturated heterocycles. The number of fused-ring (bicyclic) bond motifs is 1. The van der Waals surface area contributed by atoms with Gasteiger partial charge in [-0.3, -0.25) is 0 Å². The number of nitrogens with one attached hydrogen (secondary N) is 1. The van der Waals surface area contributed by atoms with Gasteiger partial charge in [-0.25, -0.2) is 15.8 Å². The third-order valence-corrected chi connectivity index (χ3v) is 2.85. The van der Waals surface area contributed by atoms with Crippen LogP contribution in [0.25, 0.3) is 0 Å². The second-order valence-electron chi connectivity index (χ2n) is 4.33. The average Bonchev–Trinajstić information content (AvgIpc) is 2.80. The van der Waals surface area contributed by atoms with E-state index in [-0.39, 0.29) is 13.0 Å². The zero-order valence-electron chi connectivity index (χ0n) is 10.3. The highest BCUT2D eigenvalue weighted by molar-refractivity contribution is 5.47. The lowest BCUT2D eigenvalue weighted by Gasteiger charge is -2.10. The van der Waals surface area contributed by atoms with Crippen LogP contribution < -0.4 is 11.3 Å². The topological polar surface area (TPSA) is 73.1 Å². The van der Waals surface area contributed by atoms with Gasteiger partial charge in [-0.2, -0.15) is 13.2 Å². The maximum atomic E-state index is 11.9. The number of nitrogens with two attached hydrogens (primary N) is 1. The highest BCUT2D eigenvalue weighted by Crippen LogP contribution is 2.25. The fraction of sp³-hybridized carbons (Fsp3) is 0.636. The first kappa shape index (κ1) is 14.0. The lowest BCUT2D eigenvalue weighted by Crippen LogP contribution is -2.19. The first-order valence-corrected chi connectivity index (χ1v) is 5.99. The predicted molar refractivity (Wildman–Crippen MR) is 62.4 cm³/mol. The van der Waals surface area contributed by atoms with E-state index in [0.29, 0.717) is 11.6 Å². The summed E-state index contributed by atoms with van der Waals surface area (Å²) in [5.41, 5.74) is 4.44. The normalized spacial score (nSPS) is 14.5. The van der Waals surface area contributed by atoms with Crippen molar-refractivity contribution in [1.29, 1.82) is 0 Å². The third-order valence-electron chi connectivity index (χ3n) is 2.85. The van der Waals surface area contributed by atoms with Crippen LogP contribution in [-0.2, 0) is 24.0 Å². The monoisotopic (exact) mass is 276 g/mol. The van der Waals surface area contributed by atoms with Gasteiger partial charge in [-0.15, -0.1) is 0 Å². The lowest BCUT2D eigenvalue weighted by molar-refractivity contribution is -0.173. The van der Waals surface area contributed by atoms with Crippen molar-refractivity contribution in [2.24, 2.45) is 5.84 Å². The molecule has 3 N–H and O–H groups in total. The van der Waals surface area contributed by atoms with Crippen molar-refractivity contribution in [2.75, 3.05) is 18.6 Å². The second-order valence-corrected chi connectivity index (χ2v) is 4.33. The van der Waals surface area contributed by atoms with Crippen molar-refractivity contribution in [3.8, 4) is 0 Å².